The van der Waals surface area contributed by atoms with Gasteiger partial charge in [-0.1, -0.05) is 24.8 Å². The Morgan fingerprint density at radius 3 is 2.54 bits per heavy atom. The highest BCUT2D eigenvalue weighted by Gasteiger charge is 2.49. The Hall–Kier alpha value is -1.34. The van der Waals surface area contributed by atoms with E-state index in [4.69, 9.17) is 0 Å². The van der Waals surface area contributed by atoms with Crippen molar-refractivity contribution in [3.8, 4) is 0 Å². The maximum atomic E-state index is 12.0. The van der Waals surface area contributed by atoms with Crippen molar-refractivity contribution in [3.05, 3.63) is 29.3 Å². The second-order valence-electron chi connectivity index (χ2n) is 6.55. The van der Waals surface area contributed by atoms with Crippen molar-refractivity contribution >= 4 is 38.4 Å². The number of hydrogen-bond donors (Lipinski definition) is 0. The van der Waals surface area contributed by atoms with Gasteiger partial charge >= 0.3 is 0 Å². The number of rotatable bonds is 3. The van der Waals surface area contributed by atoms with Crippen molar-refractivity contribution in [2.75, 3.05) is 16.4 Å². The number of sulfone groups is 1. The molecule has 2 aliphatic rings. The van der Waals surface area contributed by atoms with Gasteiger partial charge in [0.15, 0.2) is 15.0 Å². The molecule has 3 rings (SSSR count). The zero-order valence-corrected chi connectivity index (χ0v) is 15.8. The number of fused-ring (bicyclic) bond motifs is 1. The molecule has 0 saturated carbocycles. The first-order valence-corrected chi connectivity index (χ1v) is 10.9. The van der Waals surface area contributed by atoms with E-state index in [2.05, 4.69) is 11.1 Å². The molecule has 1 aromatic carbocycles. The van der Waals surface area contributed by atoms with Gasteiger partial charge in [-0.2, -0.15) is 4.99 Å². The first kappa shape index (κ1) is 17.5. The topological polar surface area (TPSA) is 66.8 Å². The third kappa shape index (κ3) is 3.52. The Morgan fingerprint density at radius 2 is 1.92 bits per heavy atom. The molecule has 1 aromatic rings. The molecule has 2 heterocycles. The summed E-state index contributed by atoms with van der Waals surface area (Å²) < 4.78 is 24.1. The van der Waals surface area contributed by atoms with Gasteiger partial charge in [-0.15, -0.1) is 0 Å². The predicted octanol–water partition coefficient (Wildman–Crippen LogP) is 2.70. The largest absolute Gasteiger partial charge is 0.316 e. The van der Waals surface area contributed by atoms with Gasteiger partial charge in [0, 0.05) is 17.4 Å². The van der Waals surface area contributed by atoms with Gasteiger partial charge in [0.25, 0.3) is 0 Å². The van der Waals surface area contributed by atoms with Gasteiger partial charge in [0.05, 0.1) is 17.5 Å². The van der Waals surface area contributed by atoms with Crippen LogP contribution in [0.5, 0.6) is 0 Å². The SMILES string of the molecule is CCCC(=O)N=C1SC2CS(=O)(=O)CC2N1c1cc(C)cc(C)c1. The zero-order chi connectivity index (χ0) is 17.5. The second-order valence-corrected chi connectivity index (χ2v) is 9.91. The number of amides is 1. The molecule has 5 nitrogen and oxygen atoms in total. The number of thioether (sulfide) groups is 1. The van der Waals surface area contributed by atoms with E-state index in [0.717, 1.165) is 23.2 Å². The van der Waals surface area contributed by atoms with Gasteiger partial charge < -0.3 is 4.90 Å². The Morgan fingerprint density at radius 1 is 1.25 bits per heavy atom. The minimum absolute atomic E-state index is 0.0519. The molecule has 0 N–H and O–H groups in total. The van der Waals surface area contributed by atoms with Crippen LogP contribution in [0.1, 0.15) is 30.9 Å². The van der Waals surface area contributed by atoms with Crippen LogP contribution in [0.2, 0.25) is 0 Å². The molecule has 24 heavy (non-hydrogen) atoms. The van der Waals surface area contributed by atoms with Crippen molar-refractivity contribution in [3.63, 3.8) is 0 Å². The van der Waals surface area contributed by atoms with Crippen LogP contribution in [0, 0.1) is 13.8 Å². The Bertz CT molecular complexity index is 782. The molecule has 0 aromatic heterocycles. The monoisotopic (exact) mass is 366 g/mol. The van der Waals surface area contributed by atoms with E-state index in [9.17, 15) is 13.2 Å². The summed E-state index contributed by atoms with van der Waals surface area (Å²) in [5.74, 6) is 0.140. The molecule has 0 radical (unpaired) electrons. The van der Waals surface area contributed by atoms with Gasteiger partial charge in [-0.25, -0.2) is 8.42 Å². The average Bonchev–Trinajstić information content (AvgIpc) is 2.88. The summed E-state index contributed by atoms with van der Waals surface area (Å²) in [6.07, 6.45) is 1.17. The molecule has 2 saturated heterocycles. The van der Waals surface area contributed by atoms with E-state index in [-0.39, 0.29) is 28.7 Å². The molecular weight excluding hydrogens is 344 g/mol. The summed E-state index contributed by atoms with van der Waals surface area (Å²) in [6, 6.07) is 5.99. The van der Waals surface area contributed by atoms with Crippen LogP contribution in [-0.2, 0) is 14.6 Å². The lowest BCUT2D eigenvalue weighted by Gasteiger charge is -2.25. The van der Waals surface area contributed by atoms with Crippen LogP contribution in [-0.4, -0.2) is 42.3 Å². The second kappa shape index (κ2) is 6.52. The van der Waals surface area contributed by atoms with Crippen LogP contribution in [0.25, 0.3) is 0 Å². The van der Waals surface area contributed by atoms with Crippen LogP contribution in [0.4, 0.5) is 5.69 Å². The highest BCUT2D eigenvalue weighted by atomic mass is 32.2. The van der Waals surface area contributed by atoms with Crippen LogP contribution in [0.15, 0.2) is 23.2 Å². The number of nitrogens with zero attached hydrogens (tertiary/aromatic N) is 2. The van der Waals surface area contributed by atoms with Crippen molar-refractivity contribution in [2.24, 2.45) is 4.99 Å². The van der Waals surface area contributed by atoms with Gasteiger partial charge in [0.1, 0.15) is 0 Å². The number of anilines is 1. The van der Waals surface area contributed by atoms with Crippen molar-refractivity contribution in [1.82, 2.24) is 0 Å². The van der Waals surface area contributed by atoms with E-state index in [1.165, 1.54) is 11.8 Å². The number of aryl methyl sites for hydroxylation is 2. The van der Waals surface area contributed by atoms with E-state index in [0.29, 0.717) is 11.6 Å². The summed E-state index contributed by atoms with van der Waals surface area (Å²) in [5.41, 5.74) is 3.14. The maximum absolute atomic E-state index is 12.0. The molecule has 2 aliphatic heterocycles. The molecule has 0 bridgehead atoms. The van der Waals surface area contributed by atoms with Crippen molar-refractivity contribution in [1.29, 1.82) is 0 Å². The Kier molecular flexibility index (Phi) is 4.75. The average molecular weight is 367 g/mol. The lowest BCUT2D eigenvalue weighted by molar-refractivity contribution is -0.117. The summed E-state index contributed by atoms with van der Waals surface area (Å²) in [6.45, 7) is 5.98. The molecule has 0 aliphatic carbocycles. The number of amidine groups is 1. The fourth-order valence-corrected chi connectivity index (χ4v) is 7.26. The molecule has 1 amide bonds. The third-order valence-corrected chi connectivity index (χ3v) is 7.45. The number of aliphatic imine (C=N–C) groups is 1. The maximum Gasteiger partial charge on any atom is 0.248 e. The van der Waals surface area contributed by atoms with Crippen molar-refractivity contribution in [2.45, 2.75) is 44.9 Å². The van der Waals surface area contributed by atoms with Gasteiger partial charge in [-0.3, -0.25) is 4.79 Å². The van der Waals surface area contributed by atoms with Gasteiger partial charge in [0.2, 0.25) is 5.91 Å². The third-order valence-electron chi connectivity index (χ3n) is 4.24. The summed E-state index contributed by atoms with van der Waals surface area (Å²) in [7, 11) is -3.03. The molecular formula is C17H22N2O3S2. The molecule has 7 heteroatoms. The summed E-state index contributed by atoms with van der Waals surface area (Å²) in [4.78, 5) is 18.3. The normalized spacial score (nSPS) is 26.8. The van der Waals surface area contributed by atoms with Crippen LogP contribution >= 0.6 is 11.8 Å². The fraction of sp³-hybridized carbons (Fsp3) is 0.529. The Labute approximate surface area is 147 Å². The lowest BCUT2D eigenvalue weighted by Crippen LogP contribution is -2.37. The molecule has 2 fully saturated rings. The first-order chi connectivity index (χ1) is 11.3. The first-order valence-electron chi connectivity index (χ1n) is 8.15. The minimum atomic E-state index is -3.03. The van der Waals surface area contributed by atoms with E-state index in [1.807, 2.05) is 37.8 Å². The van der Waals surface area contributed by atoms with Crippen LogP contribution in [0.3, 0.4) is 0 Å². The summed E-state index contributed by atoms with van der Waals surface area (Å²) >= 11 is 1.43. The molecule has 2 atom stereocenters. The number of carbonyl (C=O) groups is 1. The van der Waals surface area contributed by atoms with E-state index >= 15 is 0 Å². The molecule has 0 spiro atoms. The highest BCUT2D eigenvalue weighted by Crippen LogP contribution is 2.41. The molecule has 2 unspecified atom stereocenters. The van der Waals surface area contributed by atoms with E-state index < -0.39 is 9.84 Å². The number of benzene rings is 1. The van der Waals surface area contributed by atoms with Gasteiger partial charge in [-0.05, 0) is 43.5 Å². The van der Waals surface area contributed by atoms with E-state index in [1.54, 1.807) is 0 Å². The number of hydrogen-bond acceptors (Lipinski definition) is 4. The van der Waals surface area contributed by atoms with Crippen molar-refractivity contribution < 1.29 is 13.2 Å². The quantitative estimate of drug-likeness (QED) is 0.823. The lowest BCUT2D eigenvalue weighted by atomic mass is 10.1. The standard InChI is InChI=1S/C17H22N2O3S2/c1-4-5-16(20)18-17-19(13-7-11(2)6-12(3)8-13)14-9-24(21,22)10-15(14)23-17/h6-8,14-15H,4-5,9-10H2,1-3H3. The molecule has 130 valence electrons. The summed E-state index contributed by atoms with van der Waals surface area (Å²) in [5, 5.41) is 0.590. The minimum Gasteiger partial charge on any atom is -0.316 e. The predicted molar refractivity (Wildman–Crippen MR) is 99.6 cm³/mol. The zero-order valence-electron chi connectivity index (χ0n) is 14.2. The highest BCUT2D eigenvalue weighted by molar-refractivity contribution is 8.16. The Balaban J connectivity index is 2.02. The van der Waals surface area contributed by atoms with Crippen LogP contribution < -0.4 is 4.90 Å². The fourth-order valence-electron chi connectivity index (χ4n) is 3.33. The number of carbonyl (C=O) groups excluding carboxylic acids is 1. The smallest absolute Gasteiger partial charge is 0.248 e.